The van der Waals surface area contributed by atoms with Crippen LogP contribution < -0.4 is 0 Å². The minimum atomic E-state index is -0.897. The Kier molecular flexibility index (Phi) is 3.71. The zero-order valence-corrected chi connectivity index (χ0v) is 13.3. The van der Waals surface area contributed by atoms with E-state index in [4.69, 9.17) is 0 Å². The number of hydrogen-bond acceptors (Lipinski definition) is 2. The highest BCUT2D eigenvalue weighted by molar-refractivity contribution is 8.23. The van der Waals surface area contributed by atoms with Crippen LogP contribution in [-0.2, 0) is 0 Å². The van der Waals surface area contributed by atoms with Gasteiger partial charge in [0.25, 0.3) is 0 Å². The van der Waals surface area contributed by atoms with Crippen molar-refractivity contribution in [1.29, 1.82) is 0 Å². The van der Waals surface area contributed by atoms with Crippen LogP contribution in [0.4, 0.5) is 0 Å². The molecule has 1 heterocycles. The van der Waals surface area contributed by atoms with Gasteiger partial charge >= 0.3 is 0 Å². The molecule has 4 heteroatoms. The molecule has 0 saturated carbocycles. The van der Waals surface area contributed by atoms with E-state index in [0.29, 0.717) is 0 Å². The van der Waals surface area contributed by atoms with E-state index < -0.39 is 16.1 Å². The van der Waals surface area contributed by atoms with Crippen LogP contribution in [0.1, 0.15) is 0 Å². The van der Waals surface area contributed by atoms with Crippen molar-refractivity contribution in [3.8, 4) is 0 Å². The molecule has 0 N–H and O–H groups in total. The van der Waals surface area contributed by atoms with Crippen molar-refractivity contribution in [2.45, 2.75) is 48.4 Å². The molecule has 0 aliphatic carbocycles. The van der Waals surface area contributed by atoms with Crippen molar-refractivity contribution in [2.75, 3.05) is 5.75 Å². The monoisotopic (exact) mass is 250 g/mol. The Morgan fingerprint density at radius 3 is 1.69 bits per heavy atom. The molecule has 1 rings (SSSR count). The van der Waals surface area contributed by atoms with Crippen molar-refractivity contribution in [3.05, 3.63) is 0 Å². The van der Waals surface area contributed by atoms with Crippen molar-refractivity contribution in [1.82, 2.24) is 0 Å². The summed E-state index contributed by atoms with van der Waals surface area (Å²) in [6, 6.07) is 0. The molecule has 0 aromatic rings. The third-order valence-corrected chi connectivity index (χ3v) is 16.4. The van der Waals surface area contributed by atoms with Gasteiger partial charge in [-0.3, -0.25) is 0 Å². The molecule has 0 aromatic carbocycles. The van der Waals surface area contributed by atoms with E-state index in [1.54, 1.807) is 0 Å². The molecule has 1 aliphatic rings. The van der Waals surface area contributed by atoms with Crippen LogP contribution in [0.5, 0.6) is 0 Å². The van der Waals surface area contributed by atoms with Crippen molar-refractivity contribution in [2.24, 2.45) is 0 Å². The lowest BCUT2D eigenvalue weighted by atomic mass is 10.9. The summed E-state index contributed by atoms with van der Waals surface area (Å²) in [5, 5.41) is 0. The van der Waals surface area contributed by atoms with Crippen LogP contribution in [0.2, 0.25) is 39.3 Å². The second-order valence-electron chi connectivity index (χ2n) is 6.02. The maximum atomic E-state index is 2.51. The van der Waals surface area contributed by atoms with Crippen LogP contribution in [0.3, 0.4) is 0 Å². The molecule has 1 aliphatic heterocycles. The number of hydrogen-bond donors (Lipinski definition) is 0. The molecule has 1 saturated heterocycles. The molecule has 78 valence electrons. The molecular formula is C9H22S2Si2. The second-order valence-corrected chi connectivity index (χ2v) is 20.8. The Hall–Kier alpha value is 1.13. The summed E-state index contributed by atoms with van der Waals surface area (Å²) in [5.74, 6) is 1.43. The van der Waals surface area contributed by atoms with E-state index in [-0.39, 0.29) is 0 Å². The molecule has 0 nitrogen and oxygen atoms in total. The third kappa shape index (κ3) is 3.32. The zero-order valence-electron chi connectivity index (χ0n) is 9.68. The predicted molar refractivity (Wildman–Crippen MR) is 74.3 cm³/mol. The van der Waals surface area contributed by atoms with Gasteiger partial charge in [-0.25, -0.2) is 0 Å². The number of rotatable bonds is 2. The van der Waals surface area contributed by atoms with Crippen LogP contribution in [0.25, 0.3) is 0 Å². The van der Waals surface area contributed by atoms with Gasteiger partial charge in [0.1, 0.15) is 0 Å². The average Bonchev–Trinajstić information content (AvgIpc) is 2.28. The summed E-state index contributed by atoms with van der Waals surface area (Å²) in [5.41, 5.74) is 0. The Morgan fingerprint density at radius 1 is 0.923 bits per heavy atom. The lowest BCUT2D eigenvalue weighted by Gasteiger charge is -2.27. The van der Waals surface area contributed by atoms with Gasteiger partial charge in [-0.05, 0) is 0 Å². The first-order valence-corrected chi connectivity index (χ1v) is 14.1. The van der Waals surface area contributed by atoms with Gasteiger partial charge in [0.15, 0.2) is 0 Å². The SMILES string of the molecule is C[Si](C)(C)C1CSC([Si](C)(C)C)S1. The first-order chi connectivity index (χ1) is 5.71. The van der Waals surface area contributed by atoms with Crippen LogP contribution in [-0.4, -0.2) is 31.0 Å². The van der Waals surface area contributed by atoms with E-state index in [2.05, 4.69) is 62.8 Å². The molecule has 0 amide bonds. The van der Waals surface area contributed by atoms with Crippen molar-refractivity contribution >= 4 is 39.7 Å². The van der Waals surface area contributed by atoms with Crippen LogP contribution >= 0.6 is 23.5 Å². The molecule has 0 aromatic heterocycles. The lowest BCUT2D eigenvalue weighted by molar-refractivity contribution is 1.33. The van der Waals surface area contributed by atoms with Gasteiger partial charge in [0, 0.05) is 14.8 Å². The number of thioether (sulfide) groups is 2. The van der Waals surface area contributed by atoms with Crippen LogP contribution in [0.15, 0.2) is 0 Å². The van der Waals surface area contributed by atoms with E-state index >= 15 is 0 Å². The summed E-state index contributed by atoms with van der Waals surface area (Å²) in [6.45, 7) is 15.0. The third-order valence-electron chi connectivity index (χ3n) is 2.36. The van der Waals surface area contributed by atoms with Gasteiger partial charge in [-0.1, -0.05) is 39.3 Å². The normalized spacial score (nSPS) is 30.9. The molecule has 1 fully saturated rings. The fourth-order valence-corrected chi connectivity index (χ4v) is 12.9. The maximum Gasteiger partial charge on any atom is 0.0712 e. The molecule has 0 spiro atoms. The van der Waals surface area contributed by atoms with E-state index in [0.717, 1.165) is 9.08 Å². The minimum absolute atomic E-state index is 0.880. The first-order valence-electron chi connectivity index (χ1n) is 4.98. The Morgan fingerprint density at radius 2 is 1.46 bits per heavy atom. The highest BCUT2D eigenvalue weighted by atomic mass is 32.2. The molecule has 2 atom stereocenters. The van der Waals surface area contributed by atoms with Gasteiger partial charge in [0.2, 0.25) is 0 Å². The smallest absolute Gasteiger partial charge is 0.0712 e. The van der Waals surface area contributed by atoms with E-state index in [1.807, 2.05) is 0 Å². The highest BCUT2D eigenvalue weighted by Crippen LogP contribution is 2.45. The zero-order chi connectivity index (χ0) is 10.3. The maximum absolute atomic E-state index is 2.51. The van der Waals surface area contributed by atoms with Crippen molar-refractivity contribution in [3.63, 3.8) is 0 Å². The first kappa shape index (κ1) is 12.2. The largest absolute Gasteiger partial charge is 0.150 e. The lowest BCUT2D eigenvalue weighted by Crippen LogP contribution is -2.37. The van der Waals surface area contributed by atoms with Crippen LogP contribution in [0, 0.1) is 0 Å². The van der Waals surface area contributed by atoms with E-state index in [1.165, 1.54) is 5.75 Å². The average molecular weight is 251 g/mol. The summed E-state index contributed by atoms with van der Waals surface area (Å²) in [7, 11) is -1.78. The predicted octanol–water partition coefficient (Wildman–Crippen LogP) is 3.92. The van der Waals surface area contributed by atoms with E-state index in [9.17, 15) is 0 Å². The van der Waals surface area contributed by atoms with Gasteiger partial charge in [-0.2, -0.15) is 11.8 Å². The van der Waals surface area contributed by atoms with Gasteiger partial charge in [0.05, 0.1) is 16.1 Å². The van der Waals surface area contributed by atoms with Crippen molar-refractivity contribution < 1.29 is 0 Å². The Bertz CT molecular complexity index is 161. The second kappa shape index (κ2) is 3.95. The highest BCUT2D eigenvalue weighted by Gasteiger charge is 2.40. The molecule has 0 bridgehead atoms. The van der Waals surface area contributed by atoms with Gasteiger partial charge in [-0.15, -0.1) is 11.8 Å². The summed E-state index contributed by atoms with van der Waals surface area (Å²) < 4.78 is 0.962. The Balaban J connectivity index is 2.55. The fraction of sp³-hybridized carbons (Fsp3) is 1.00. The molecular weight excluding hydrogens is 228 g/mol. The summed E-state index contributed by atoms with van der Waals surface area (Å²) >= 11 is 4.55. The standard InChI is InChI=1S/C9H22S2Si2/c1-12(2,3)8-7-10-9(11-8)13(4,5)6/h8-9H,7H2,1-6H3. The molecule has 0 radical (unpaired) electrons. The summed E-state index contributed by atoms with van der Waals surface area (Å²) in [4.78, 5) is 1.01. The van der Waals surface area contributed by atoms with Gasteiger partial charge < -0.3 is 0 Å². The molecule has 2 unspecified atom stereocenters. The topological polar surface area (TPSA) is 0 Å². The fourth-order valence-electron chi connectivity index (χ4n) is 1.31. The minimum Gasteiger partial charge on any atom is -0.150 e. The quantitative estimate of drug-likeness (QED) is 0.682. The summed E-state index contributed by atoms with van der Waals surface area (Å²) in [6.07, 6.45) is 0. The molecule has 13 heavy (non-hydrogen) atoms. The Labute approximate surface area is 93.7 Å².